The molecule has 0 aliphatic rings. The largest absolute Gasteiger partial charge is 0.437 e. The molecule has 0 bridgehead atoms. The summed E-state index contributed by atoms with van der Waals surface area (Å²) in [6, 6.07) is -0.139. The van der Waals surface area contributed by atoms with Crippen molar-refractivity contribution in [2.75, 3.05) is 5.73 Å². The first-order chi connectivity index (χ1) is 6.25. The molecule has 1 heterocycles. The standard InChI is InChI=1S/C7H9F3IN3/c1-3(2)14-6(11)4(12)5(13-14)7(8,9)10/h3H,12H2,1-2H3. The van der Waals surface area contributed by atoms with Crippen LogP contribution in [0.4, 0.5) is 18.9 Å². The molecule has 0 aliphatic carbocycles. The van der Waals surface area contributed by atoms with Crippen LogP contribution in [0, 0.1) is 3.70 Å². The summed E-state index contributed by atoms with van der Waals surface area (Å²) < 4.78 is 38.6. The Hall–Kier alpha value is -0.470. The quantitative estimate of drug-likeness (QED) is 0.809. The van der Waals surface area contributed by atoms with Gasteiger partial charge in [0.15, 0.2) is 5.69 Å². The first-order valence-electron chi connectivity index (χ1n) is 3.85. The van der Waals surface area contributed by atoms with Crippen LogP contribution in [0.1, 0.15) is 25.6 Å². The molecule has 0 aliphatic heterocycles. The van der Waals surface area contributed by atoms with Gasteiger partial charge in [-0.3, -0.25) is 4.68 Å². The van der Waals surface area contributed by atoms with Gasteiger partial charge in [-0.25, -0.2) is 0 Å². The molecular weight excluding hydrogens is 310 g/mol. The lowest BCUT2D eigenvalue weighted by atomic mass is 10.4. The lowest BCUT2D eigenvalue weighted by molar-refractivity contribution is -0.140. The maximum absolute atomic E-state index is 12.3. The van der Waals surface area contributed by atoms with Gasteiger partial charge in [-0.2, -0.15) is 18.3 Å². The molecule has 0 radical (unpaired) electrons. The first-order valence-corrected chi connectivity index (χ1v) is 4.93. The van der Waals surface area contributed by atoms with Gasteiger partial charge in [0.2, 0.25) is 0 Å². The number of nitrogens with two attached hydrogens (primary N) is 1. The van der Waals surface area contributed by atoms with Gasteiger partial charge in [0.1, 0.15) is 3.70 Å². The molecule has 0 saturated carbocycles. The number of nitrogen functional groups attached to an aromatic ring is 1. The molecule has 0 fully saturated rings. The highest BCUT2D eigenvalue weighted by Gasteiger charge is 2.38. The van der Waals surface area contributed by atoms with Crippen LogP contribution >= 0.6 is 22.6 Å². The van der Waals surface area contributed by atoms with E-state index in [0.29, 0.717) is 3.70 Å². The zero-order valence-corrected chi connectivity index (χ0v) is 9.72. The molecule has 1 aromatic heterocycles. The van der Waals surface area contributed by atoms with E-state index in [2.05, 4.69) is 5.10 Å². The summed E-state index contributed by atoms with van der Waals surface area (Å²) >= 11 is 1.76. The highest BCUT2D eigenvalue weighted by molar-refractivity contribution is 14.1. The van der Waals surface area contributed by atoms with Crippen molar-refractivity contribution in [3.05, 3.63) is 9.39 Å². The fraction of sp³-hybridized carbons (Fsp3) is 0.571. The van der Waals surface area contributed by atoms with Gasteiger partial charge < -0.3 is 5.73 Å². The predicted octanol–water partition coefficient (Wildman–Crippen LogP) is 2.67. The molecular formula is C7H9F3IN3. The van der Waals surface area contributed by atoms with Crippen LogP contribution in [0.2, 0.25) is 0 Å². The molecule has 1 rings (SSSR count). The van der Waals surface area contributed by atoms with Crippen LogP contribution in [-0.4, -0.2) is 9.78 Å². The van der Waals surface area contributed by atoms with Crippen LogP contribution < -0.4 is 5.73 Å². The molecule has 0 spiro atoms. The van der Waals surface area contributed by atoms with Gasteiger partial charge >= 0.3 is 6.18 Å². The van der Waals surface area contributed by atoms with Gasteiger partial charge in [-0.15, -0.1) is 0 Å². The molecule has 14 heavy (non-hydrogen) atoms. The van der Waals surface area contributed by atoms with Gasteiger partial charge in [0.25, 0.3) is 0 Å². The third-order valence-electron chi connectivity index (χ3n) is 1.64. The molecule has 80 valence electrons. The lowest BCUT2D eigenvalue weighted by Gasteiger charge is -2.06. The Morgan fingerprint density at radius 1 is 1.43 bits per heavy atom. The summed E-state index contributed by atoms with van der Waals surface area (Å²) in [5.41, 5.74) is 4.01. The topological polar surface area (TPSA) is 43.8 Å². The Bertz CT molecular complexity index is 343. The summed E-state index contributed by atoms with van der Waals surface area (Å²) in [4.78, 5) is 0. The zero-order chi connectivity index (χ0) is 11.1. The van der Waals surface area contributed by atoms with Crippen molar-refractivity contribution < 1.29 is 13.2 Å². The molecule has 0 saturated heterocycles. The number of nitrogens with zero attached hydrogens (tertiary/aromatic N) is 2. The van der Waals surface area contributed by atoms with E-state index in [1.165, 1.54) is 4.68 Å². The summed E-state index contributed by atoms with van der Waals surface area (Å²) in [7, 11) is 0. The summed E-state index contributed by atoms with van der Waals surface area (Å²) in [5, 5.41) is 3.44. The van der Waals surface area contributed by atoms with E-state index >= 15 is 0 Å². The second-order valence-corrected chi connectivity index (χ2v) is 4.11. The smallest absolute Gasteiger partial charge is 0.395 e. The summed E-state index contributed by atoms with van der Waals surface area (Å²) in [6.45, 7) is 3.49. The molecule has 2 N–H and O–H groups in total. The molecule has 7 heteroatoms. The van der Waals surface area contributed by atoms with Crippen molar-refractivity contribution in [1.82, 2.24) is 9.78 Å². The number of halogens is 4. The normalized spacial score (nSPS) is 12.5. The maximum Gasteiger partial charge on any atom is 0.437 e. The maximum atomic E-state index is 12.3. The van der Waals surface area contributed by atoms with Gasteiger partial charge in [0.05, 0.1) is 5.69 Å². The second-order valence-electron chi connectivity index (χ2n) is 3.09. The highest BCUT2D eigenvalue weighted by atomic mass is 127. The molecule has 0 aromatic carbocycles. The van der Waals surface area contributed by atoms with Crippen LogP contribution in [0.15, 0.2) is 0 Å². The number of hydrogen-bond acceptors (Lipinski definition) is 2. The van der Waals surface area contributed by atoms with Gasteiger partial charge in [-0.1, -0.05) is 0 Å². The number of anilines is 1. The minimum Gasteiger partial charge on any atom is -0.395 e. The van der Waals surface area contributed by atoms with Crippen molar-refractivity contribution in [1.29, 1.82) is 0 Å². The predicted molar refractivity (Wildman–Crippen MR) is 54.7 cm³/mol. The van der Waals surface area contributed by atoms with Crippen molar-refractivity contribution in [2.24, 2.45) is 0 Å². The summed E-state index contributed by atoms with van der Waals surface area (Å²) in [5.74, 6) is 0. The Morgan fingerprint density at radius 2 is 1.93 bits per heavy atom. The minimum absolute atomic E-state index is 0.139. The van der Waals surface area contributed by atoms with Crippen LogP contribution in [0.3, 0.4) is 0 Å². The third kappa shape index (κ3) is 1.96. The second kappa shape index (κ2) is 3.59. The minimum atomic E-state index is -4.48. The zero-order valence-electron chi connectivity index (χ0n) is 7.56. The number of hydrogen-bond donors (Lipinski definition) is 1. The van der Waals surface area contributed by atoms with Crippen LogP contribution in [0.5, 0.6) is 0 Å². The van der Waals surface area contributed by atoms with Crippen molar-refractivity contribution in [2.45, 2.75) is 26.1 Å². The van der Waals surface area contributed by atoms with E-state index < -0.39 is 11.9 Å². The fourth-order valence-electron chi connectivity index (χ4n) is 0.978. The van der Waals surface area contributed by atoms with E-state index in [9.17, 15) is 13.2 Å². The molecule has 1 aromatic rings. The Morgan fingerprint density at radius 3 is 2.14 bits per heavy atom. The van der Waals surface area contributed by atoms with E-state index in [0.717, 1.165) is 0 Å². The Labute approximate surface area is 92.6 Å². The molecule has 0 atom stereocenters. The SMILES string of the molecule is CC(C)n1nc(C(F)(F)F)c(N)c1I. The van der Waals surface area contributed by atoms with E-state index in [1.807, 2.05) is 0 Å². The number of alkyl halides is 3. The van der Waals surface area contributed by atoms with Gasteiger partial charge in [0, 0.05) is 6.04 Å². The average Bonchev–Trinajstić information content (AvgIpc) is 2.28. The summed E-state index contributed by atoms with van der Waals surface area (Å²) in [6.07, 6.45) is -4.48. The van der Waals surface area contributed by atoms with Crippen molar-refractivity contribution in [3.8, 4) is 0 Å². The Kier molecular flexibility index (Phi) is 2.98. The molecule has 0 unspecified atom stereocenters. The van der Waals surface area contributed by atoms with Crippen LogP contribution in [-0.2, 0) is 6.18 Å². The Balaban J connectivity index is 3.29. The van der Waals surface area contributed by atoms with E-state index in [4.69, 9.17) is 5.73 Å². The fourth-order valence-corrected chi connectivity index (χ4v) is 1.90. The third-order valence-corrected chi connectivity index (χ3v) is 2.72. The lowest BCUT2D eigenvalue weighted by Crippen LogP contribution is -2.10. The number of aromatic nitrogens is 2. The molecule has 0 amide bonds. The van der Waals surface area contributed by atoms with Crippen LogP contribution in [0.25, 0.3) is 0 Å². The highest BCUT2D eigenvalue weighted by Crippen LogP contribution is 2.35. The van der Waals surface area contributed by atoms with Gasteiger partial charge in [-0.05, 0) is 36.4 Å². The average molecular weight is 319 g/mol. The number of rotatable bonds is 1. The van der Waals surface area contributed by atoms with Crippen molar-refractivity contribution >= 4 is 28.3 Å². The first kappa shape index (κ1) is 11.6. The van der Waals surface area contributed by atoms with E-state index in [1.54, 1.807) is 36.4 Å². The van der Waals surface area contributed by atoms with Crippen molar-refractivity contribution in [3.63, 3.8) is 0 Å². The monoisotopic (exact) mass is 319 g/mol. The van der Waals surface area contributed by atoms with E-state index in [-0.39, 0.29) is 11.7 Å². The molecule has 3 nitrogen and oxygen atoms in total.